The largest absolute Gasteiger partial charge is 0.462 e. The Morgan fingerprint density at radius 1 is 1.32 bits per heavy atom. The number of anilines is 1. The summed E-state index contributed by atoms with van der Waals surface area (Å²) in [6, 6.07) is 5.39. The van der Waals surface area contributed by atoms with Crippen molar-refractivity contribution in [3.8, 4) is 0 Å². The lowest BCUT2D eigenvalue weighted by molar-refractivity contribution is 0.0532. The molecule has 0 N–H and O–H groups in total. The van der Waals surface area contributed by atoms with E-state index in [1.807, 2.05) is 12.1 Å². The first kappa shape index (κ1) is 15.2. The van der Waals surface area contributed by atoms with E-state index in [-0.39, 0.29) is 11.8 Å². The Morgan fingerprint density at radius 2 is 2.05 bits per heavy atom. The molecule has 0 amide bonds. The molecule has 0 spiro atoms. The SMILES string of the molecule is CCOC(=O)c1cc2ccc(N3CCN(C)CC3)c(F)c2s1. The number of piperazine rings is 1. The molecule has 0 bridgehead atoms. The molecule has 1 aromatic heterocycles. The van der Waals surface area contributed by atoms with Gasteiger partial charge in [0.15, 0.2) is 5.82 Å². The number of ether oxygens (including phenoxy) is 1. The smallest absolute Gasteiger partial charge is 0.348 e. The van der Waals surface area contributed by atoms with E-state index in [0.717, 1.165) is 42.9 Å². The van der Waals surface area contributed by atoms with Gasteiger partial charge in [-0.3, -0.25) is 0 Å². The Morgan fingerprint density at radius 3 is 2.73 bits per heavy atom. The molecule has 2 heterocycles. The number of halogens is 1. The van der Waals surface area contributed by atoms with Crippen LogP contribution < -0.4 is 4.90 Å². The van der Waals surface area contributed by atoms with Crippen molar-refractivity contribution in [2.24, 2.45) is 0 Å². The molecule has 0 radical (unpaired) electrons. The minimum absolute atomic E-state index is 0.234. The molecule has 1 fully saturated rings. The first-order chi connectivity index (χ1) is 10.6. The van der Waals surface area contributed by atoms with E-state index >= 15 is 0 Å². The van der Waals surface area contributed by atoms with Crippen LogP contribution in [0.3, 0.4) is 0 Å². The Balaban J connectivity index is 1.93. The molecule has 1 aromatic carbocycles. The summed E-state index contributed by atoms with van der Waals surface area (Å²) >= 11 is 1.16. The van der Waals surface area contributed by atoms with Gasteiger partial charge in [-0.1, -0.05) is 6.07 Å². The normalized spacial score (nSPS) is 16.2. The summed E-state index contributed by atoms with van der Waals surface area (Å²) in [5.41, 5.74) is 0.623. The van der Waals surface area contributed by atoms with E-state index in [4.69, 9.17) is 4.74 Å². The molecule has 2 aromatic rings. The van der Waals surface area contributed by atoms with E-state index in [0.29, 0.717) is 21.9 Å². The molecule has 4 nitrogen and oxygen atoms in total. The highest BCUT2D eigenvalue weighted by molar-refractivity contribution is 7.20. The molecule has 1 aliphatic rings. The molecule has 3 rings (SSSR count). The van der Waals surface area contributed by atoms with Crippen LogP contribution in [0.4, 0.5) is 10.1 Å². The van der Waals surface area contributed by atoms with Gasteiger partial charge < -0.3 is 14.5 Å². The summed E-state index contributed by atoms with van der Waals surface area (Å²) in [6.45, 7) is 5.56. The predicted octanol–water partition coefficient (Wildman–Crippen LogP) is 2.97. The molecule has 6 heteroatoms. The summed E-state index contributed by atoms with van der Waals surface area (Å²) in [5, 5.41) is 0.753. The fourth-order valence-electron chi connectivity index (χ4n) is 2.65. The van der Waals surface area contributed by atoms with Crippen LogP contribution in [0, 0.1) is 5.82 Å². The molecule has 0 aliphatic carbocycles. The van der Waals surface area contributed by atoms with E-state index in [2.05, 4.69) is 16.8 Å². The van der Waals surface area contributed by atoms with Crippen molar-refractivity contribution in [1.82, 2.24) is 4.90 Å². The van der Waals surface area contributed by atoms with Crippen molar-refractivity contribution in [2.75, 3.05) is 44.7 Å². The third kappa shape index (κ3) is 2.80. The van der Waals surface area contributed by atoms with Crippen LogP contribution in [-0.2, 0) is 4.74 Å². The molecule has 0 saturated carbocycles. The van der Waals surface area contributed by atoms with Gasteiger partial charge in [0.05, 0.1) is 17.0 Å². The molecule has 0 unspecified atom stereocenters. The fourth-order valence-corrected chi connectivity index (χ4v) is 3.64. The first-order valence-corrected chi connectivity index (χ1v) is 8.24. The molecular formula is C16H19FN2O2S. The minimum Gasteiger partial charge on any atom is -0.462 e. The van der Waals surface area contributed by atoms with Crippen molar-refractivity contribution in [2.45, 2.75) is 6.92 Å². The zero-order valence-corrected chi connectivity index (χ0v) is 13.6. The number of benzene rings is 1. The maximum Gasteiger partial charge on any atom is 0.348 e. The van der Waals surface area contributed by atoms with E-state index < -0.39 is 0 Å². The minimum atomic E-state index is -0.385. The van der Waals surface area contributed by atoms with Gasteiger partial charge in [-0.25, -0.2) is 9.18 Å². The highest BCUT2D eigenvalue weighted by atomic mass is 32.1. The highest BCUT2D eigenvalue weighted by Crippen LogP contribution is 2.34. The van der Waals surface area contributed by atoms with Gasteiger partial charge in [0.1, 0.15) is 4.88 Å². The van der Waals surface area contributed by atoms with Crippen LogP contribution in [-0.4, -0.2) is 50.7 Å². The van der Waals surface area contributed by atoms with E-state index in [9.17, 15) is 9.18 Å². The van der Waals surface area contributed by atoms with Gasteiger partial charge >= 0.3 is 5.97 Å². The second kappa shape index (κ2) is 6.22. The van der Waals surface area contributed by atoms with Crippen molar-refractivity contribution in [1.29, 1.82) is 0 Å². The number of likely N-dealkylation sites (N-methyl/N-ethyl adjacent to an activating group) is 1. The second-order valence-corrected chi connectivity index (χ2v) is 6.49. The lowest BCUT2D eigenvalue weighted by Crippen LogP contribution is -2.44. The van der Waals surface area contributed by atoms with Crippen LogP contribution in [0.5, 0.6) is 0 Å². The van der Waals surface area contributed by atoms with Crippen LogP contribution in [0.1, 0.15) is 16.6 Å². The number of carbonyl (C=O) groups is 1. The standard InChI is InChI=1S/C16H19FN2O2S/c1-3-21-16(20)13-10-11-4-5-12(14(17)15(11)22-13)19-8-6-18(2)7-9-19/h4-5,10H,3,6-9H2,1-2H3. The number of rotatable bonds is 3. The number of thiophene rings is 1. The summed E-state index contributed by atoms with van der Waals surface area (Å²) in [4.78, 5) is 16.5. The summed E-state index contributed by atoms with van der Waals surface area (Å²) in [6.07, 6.45) is 0. The van der Waals surface area contributed by atoms with Gasteiger partial charge in [-0.15, -0.1) is 11.3 Å². The average Bonchev–Trinajstić information content (AvgIpc) is 2.94. The van der Waals surface area contributed by atoms with Gasteiger partial charge in [-0.05, 0) is 31.5 Å². The third-order valence-electron chi connectivity index (χ3n) is 3.93. The van der Waals surface area contributed by atoms with Gasteiger partial charge in [-0.2, -0.15) is 0 Å². The van der Waals surface area contributed by atoms with E-state index in [1.54, 1.807) is 13.0 Å². The summed E-state index contributed by atoms with van der Waals surface area (Å²) in [7, 11) is 2.07. The lowest BCUT2D eigenvalue weighted by Gasteiger charge is -2.34. The zero-order valence-electron chi connectivity index (χ0n) is 12.8. The Bertz CT molecular complexity index is 693. The summed E-state index contributed by atoms with van der Waals surface area (Å²) in [5.74, 6) is -0.619. The van der Waals surface area contributed by atoms with E-state index in [1.165, 1.54) is 0 Å². The Hall–Kier alpha value is -1.66. The highest BCUT2D eigenvalue weighted by Gasteiger charge is 2.21. The van der Waals surface area contributed by atoms with Crippen LogP contribution >= 0.6 is 11.3 Å². The number of carbonyl (C=O) groups excluding carboxylic acids is 1. The second-order valence-electron chi connectivity index (χ2n) is 5.44. The van der Waals surface area contributed by atoms with Crippen molar-refractivity contribution < 1.29 is 13.9 Å². The molecule has 1 saturated heterocycles. The molecular weight excluding hydrogens is 303 g/mol. The zero-order chi connectivity index (χ0) is 15.7. The number of nitrogens with zero attached hydrogens (tertiary/aromatic N) is 2. The van der Waals surface area contributed by atoms with Crippen LogP contribution in [0.15, 0.2) is 18.2 Å². The lowest BCUT2D eigenvalue weighted by atomic mass is 10.2. The predicted molar refractivity (Wildman–Crippen MR) is 87.4 cm³/mol. The van der Waals surface area contributed by atoms with Crippen molar-refractivity contribution in [3.63, 3.8) is 0 Å². The van der Waals surface area contributed by atoms with Gasteiger partial charge in [0.2, 0.25) is 0 Å². The van der Waals surface area contributed by atoms with Crippen LogP contribution in [0.2, 0.25) is 0 Å². The monoisotopic (exact) mass is 322 g/mol. The first-order valence-electron chi connectivity index (χ1n) is 7.43. The molecule has 118 valence electrons. The molecule has 22 heavy (non-hydrogen) atoms. The molecule has 0 atom stereocenters. The fraction of sp³-hybridized carbons (Fsp3) is 0.438. The Labute approximate surface area is 133 Å². The summed E-state index contributed by atoms with van der Waals surface area (Å²) < 4.78 is 20.3. The van der Waals surface area contributed by atoms with Crippen LogP contribution in [0.25, 0.3) is 10.1 Å². The molecule has 1 aliphatic heterocycles. The number of esters is 1. The van der Waals surface area contributed by atoms with Crippen molar-refractivity contribution in [3.05, 3.63) is 28.9 Å². The Kier molecular flexibility index (Phi) is 4.31. The number of hydrogen-bond donors (Lipinski definition) is 0. The van der Waals surface area contributed by atoms with Gasteiger partial charge in [0.25, 0.3) is 0 Å². The number of fused-ring (bicyclic) bond motifs is 1. The quantitative estimate of drug-likeness (QED) is 0.814. The average molecular weight is 322 g/mol. The van der Waals surface area contributed by atoms with Crippen molar-refractivity contribution >= 4 is 33.1 Å². The third-order valence-corrected chi connectivity index (χ3v) is 5.05. The maximum absolute atomic E-state index is 14.8. The van der Waals surface area contributed by atoms with Gasteiger partial charge in [0, 0.05) is 26.2 Å². The number of hydrogen-bond acceptors (Lipinski definition) is 5. The maximum atomic E-state index is 14.8. The topological polar surface area (TPSA) is 32.8 Å².